The molecule has 0 amide bonds. The van der Waals surface area contributed by atoms with Gasteiger partial charge in [-0.05, 0) is 46.2 Å². The van der Waals surface area contributed by atoms with Crippen molar-refractivity contribution in [2.24, 2.45) is 0 Å². The minimum atomic E-state index is -0.458. The predicted molar refractivity (Wildman–Crippen MR) is 81.0 cm³/mol. The van der Waals surface area contributed by atoms with Crippen molar-refractivity contribution in [1.82, 2.24) is 5.32 Å². The number of hydrogen-bond acceptors (Lipinski definition) is 1. The van der Waals surface area contributed by atoms with Gasteiger partial charge in [0.15, 0.2) is 0 Å². The van der Waals surface area contributed by atoms with E-state index in [9.17, 15) is 8.78 Å². The summed E-state index contributed by atoms with van der Waals surface area (Å²) in [5.74, 6) is -0.809. The van der Waals surface area contributed by atoms with Gasteiger partial charge < -0.3 is 5.32 Å². The molecular formula is C15H13BrClF2N. The van der Waals surface area contributed by atoms with E-state index < -0.39 is 5.82 Å². The smallest absolute Gasteiger partial charge is 0.146 e. The van der Waals surface area contributed by atoms with Gasteiger partial charge in [-0.3, -0.25) is 0 Å². The molecule has 1 N–H and O–H groups in total. The molecular weight excluding hydrogens is 348 g/mol. The third kappa shape index (κ3) is 3.19. The monoisotopic (exact) mass is 359 g/mol. The maximum atomic E-state index is 14.2. The summed E-state index contributed by atoms with van der Waals surface area (Å²) in [4.78, 5) is 0. The van der Waals surface area contributed by atoms with Crippen LogP contribution in [-0.2, 0) is 0 Å². The summed E-state index contributed by atoms with van der Waals surface area (Å²) in [5.41, 5.74) is 1.21. The molecule has 0 aromatic heterocycles. The lowest BCUT2D eigenvalue weighted by Crippen LogP contribution is -2.23. The van der Waals surface area contributed by atoms with Crippen molar-refractivity contribution in [3.8, 4) is 0 Å². The van der Waals surface area contributed by atoms with Gasteiger partial charge in [-0.25, -0.2) is 8.78 Å². The molecule has 106 valence electrons. The predicted octanol–water partition coefficient (Wildman–Crippen LogP) is 5.08. The van der Waals surface area contributed by atoms with Gasteiger partial charge in [0.1, 0.15) is 11.6 Å². The molecule has 20 heavy (non-hydrogen) atoms. The van der Waals surface area contributed by atoms with Crippen molar-refractivity contribution in [3.05, 3.63) is 68.7 Å². The second kappa shape index (κ2) is 6.66. The summed E-state index contributed by atoms with van der Waals surface area (Å²) in [5, 5.41) is 3.26. The Kier molecular flexibility index (Phi) is 5.13. The molecule has 2 aromatic rings. The van der Waals surface area contributed by atoms with Crippen molar-refractivity contribution in [3.63, 3.8) is 0 Å². The Labute approximate surface area is 130 Å². The van der Waals surface area contributed by atoms with Crippen molar-refractivity contribution >= 4 is 27.5 Å². The third-order valence-corrected chi connectivity index (χ3v) is 3.88. The van der Waals surface area contributed by atoms with E-state index >= 15 is 0 Å². The normalized spacial score (nSPS) is 12.4. The highest BCUT2D eigenvalue weighted by molar-refractivity contribution is 9.10. The summed E-state index contributed by atoms with van der Waals surface area (Å²) >= 11 is 8.98. The van der Waals surface area contributed by atoms with E-state index in [1.54, 1.807) is 24.3 Å². The molecule has 0 spiro atoms. The van der Waals surface area contributed by atoms with Gasteiger partial charge in [0.05, 0.1) is 15.5 Å². The van der Waals surface area contributed by atoms with Crippen molar-refractivity contribution < 1.29 is 8.78 Å². The fourth-order valence-electron chi connectivity index (χ4n) is 2.05. The number of halogens is 4. The van der Waals surface area contributed by atoms with Gasteiger partial charge in [0, 0.05) is 5.56 Å². The van der Waals surface area contributed by atoms with Gasteiger partial charge >= 0.3 is 0 Å². The fourth-order valence-corrected chi connectivity index (χ4v) is 2.63. The second-order valence-electron chi connectivity index (χ2n) is 4.31. The van der Waals surface area contributed by atoms with Crippen LogP contribution >= 0.6 is 27.5 Å². The molecule has 1 nitrogen and oxygen atoms in total. The SMILES string of the molecule is CCNC(c1ccc(F)c(Br)c1)c1cccc(Cl)c1F. The van der Waals surface area contributed by atoms with Crippen molar-refractivity contribution in [2.75, 3.05) is 6.54 Å². The van der Waals surface area contributed by atoms with E-state index in [4.69, 9.17) is 11.6 Å². The van der Waals surface area contributed by atoms with Crippen LogP contribution in [0.5, 0.6) is 0 Å². The Hall–Kier alpha value is -0.970. The Morgan fingerprint density at radius 1 is 1.25 bits per heavy atom. The van der Waals surface area contributed by atoms with Crippen LogP contribution in [0, 0.1) is 11.6 Å². The highest BCUT2D eigenvalue weighted by Crippen LogP contribution is 2.30. The lowest BCUT2D eigenvalue weighted by molar-refractivity contribution is 0.557. The second-order valence-corrected chi connectivity index (χ2v) is 5.57. The van der Waals surface area contributed by atoms with E-state index in [-0.39, 0.29) is 16.9 Å². The zero-order chi connectivity index (χ0) is 14.7. The molecule has 0 bridgehead atoms. The summed E-state index contributed by atoms with van der Waals surface area (Å²) < 4.78 is 27.9. The Bertz CT molecular complexity index is 619. The first kappa shape index (κ1) is 15.4. The van der Waals surface area contributed by atoms with Crippen molar-refractivity contribution in [1.29, 1.82) is 0 Å². The quantitative estimate of drug-likeness (QED) is 0.802. The molecule has 0 heterocycles. The largest absolute Gasteiger partial charge is 0.306 e. The van der Waals surface area contributed by atoms with Crippen LogP contribution in [0.15, 0.2) is 40.9 Å². The van der Waals surface area contributed by atoms with Gasteiger partial charge in [-0.15, -0.1) is 0 Å². The van der Waals surface area contributed by atoms with Crippen LogP contribution in [0.25, 0.3) is 0 Å². The summed E-state index contributed by atoms with van der Waals surface area (Å²) in [7, 11) is 0. The first-order valence-corrected chi connectivity index (χ1v) is 7.34. The molecule has 0 aliphatic carbocycles. The molecule has 1 unspecified atom stereocenters. The van der Waals surface area contributed by atoms with E-state index in [0.29, 0.717) is 16.6 Å². The van der Waals surface area contributed by atoms with E-state index in [2.05, 4.69) is 21.2 Å². The highest BCUT2D eigenvalue weighted by atomic mass is 79.9. The van der Waals surface area contributed by atoms with Crippen LogP contribution in [-0.4, -0.2) is 6.54 Å². The Morgan fingerprint density at radius 3 is 2.65 bits per heavy atom. The average molecular weight is 361 g/mol. The topological polar surface area (TPSA) is 12.0 Å². The first-order chi connectivity index (χ1) is 9.54. The minimum absolute atomic E-state index is 0.0755. The summed E-state index contributed by atoms with van der Waals surface area (Å²) in [6.07, 6.45) is 0. The zero-order valence-electron chi connectivity index (χ0n) is 10.8. The number of nitrogens with one attached hydrogen (secondary N) is 1. The fraction of sp³-hybridized carbons (Fsp3) is 0.200. The van der Waals surface area contributed by atoms with Gasteiger partial charge in [0.25, 0.3) is 0 Å². The van der Waals surface area contributed by atoms with Gasteiger partial charge in [-0.1, -0.05) is 36.7 Å². The molecule has 2 rings (SSSR count). The lowest BCUT2D eigenvalue weighted by atomic mass is 9.98. The van der Waals surface area contributed by atoms with Crippen molar-refractivity contribution in [2.45, 2.75) is 13.0 Å². The molecule has 5 heteroatoms. The zero-order valence-corrected chi connectivity index (χ0v) is 13.1. The molecule has 0 radical (unpaired) electrons. The van der Waals surface area contributed by atoms with Gasteiger partial charge in [-0.2, -0.15) is 0 Å². The van der Waals surface area contributed by atoms with E-state index in [1.807, 2.05) is 6.92 Å². The number of benzene rings is 2. The van der Waals surface area contributed by atoms with E-state index in [0.717, 1.165) is 5.56 Å². The average Bonchev–Trinajstić information content (AvgIpc) is 2.43. The maximum absolute atomic E-state index is 14.2. The highest BCUT2D eigenvalue weighted by Gasteiger charge is 2.19. The Balaban J connectivity index is 2.50. The summed E-state index contributed by atoms with van der Waals surface area (Å²) in [6.45, 7) is 2.57. The third-order valence-electron chi connectivity index (χ3n) is 2.98. The number of hydrogen-bond donors (Lipinski definition) is 1. The van der Waals surface area contributed by atoms with Gasteiger partial charge in [0.2, 0.25) is 0 Å². The molecule has 0 aliphatic rings. The first-order valence-electron chi connectivity index (χ1n) is 6.16. The van der Waals surface area contributed by atoms with Crippen LogP contribution in [0.2, 0.25) is 5.02 Å². The minimum Gasteiger partial charge on any atom is -0.306 e. The van der Waals surface area contributed by atoms with Crippen LogP contribution in [0.1, 0.15) is 24.1 Å². The molecule has 0 saturated carbocycles. The van der Waals surface area contributed by atoms with Crippen LogP contribution in [0.3, 0.4) is 0 Å². The molecule has 0 aliphatic heterocycles. The molecule has 2 aromatic carbocycles. The molecule has 0 saturated heterocycles. The molecule has 1 atom stereocenters. The maximum Gasteiger partial charge on any atom is 0.146 e. The molecule has 0 fully saturated rings. The number of rotatable bonds is 4. The van der Waals surface area contributed by atoms with E-state index in [1.165, 1.54) is 12.1 Å². The Morgan fingerprint density at radius 2 is 2.00 bits per heavy atom. The summed E-state index contributed by atoms with van der Waals surface area (Å²) in [6, 6.07) is 9.12. The van der Waals surface area contributed by atoms with Crippen LogP contribution < -0.4 is 5.32 Å². The van der Waals surface area contributed by atoms with Crippen LogP contribution in [0.4, 0.5) is 8.78 Å². The standard InChI is InChI=1S/C15H13BrClF2N/c1-2-20-15(9-6-7-13(18)11(16)8-9)10-4-3-5-12(17)14(10)19/h3-8,15,20H,2H2,1H3. The lowest BCUT2D eigenvalue weighted by Gasteiger charge is -2.20.